The molecule has 1 aromatic rings. The average molecular weight is 263 g/mol. The van der Waals surface area contributed by atoms with Crippen LogP contribution in [0.25, 0.3) is 0 Å². The topological polar surface area (TPSA) is 55.5 Å². The Bertz CT molecular complexity index is 407. The Morgan fingerprint density at radius 1 is 1.33 bits per heavy atom. The van der Waals surface area contributed by atoms with E-state index in [9.17, 15) is 18.3 Å². The molecular formula is C12H16F3NO2. The first-order chi connectivity index (χ1) is 8.20. The Labute approximate surface area is 103 Å². The summed E-state index contributed by atoms with van der Waals surface area (Å²) in [5.74, 6) is 0.263. The molecule has 0 spiro atoms. The summed E-state index contributed by atoms with van der Waals surface area (Å²) in [6, 6.07) is 5.24. The molecular weight excluding hydrogens is 247 g/mol. The molecule has 0 fully saturated rings. The predicted octanol–water partition coefficient (Wildman–Crippen LogP) is 2.18. The van der Waals surface area contributed by atoms with Crippen LogP contribution in [0.5, 0.6) is 5.75 Å². The molecule has 0 radical (unpaired) electrons. The van der Waals surface area contributed by atoms with Crippen LogP contribution in [0.2, 0.25) is 0 Å². The van der Waals surface area contributed by atoms with E-state index in [1.165, 1.54) is 18.2 Å². The predicted molar refractivity (Wildman–Crippen MR) is 61.2 cm³/mol. The molecule has 0 aromatic heterocycles. The summed E-state index contributed by atoms with van der Waals surface area (Å²) in [5.41, 5.74) is 1.69. The molecule has 6 heteroatoms. The molecule has 1 rings (SSSR count). The second-order valence-electron chi connectivity index (χ2n) is 4.26. The van der Waals surface area contributed by atoms with E-state index in [1.807, 2.05) is 0 Å². The molecule has 0 saturated carbocycles. The van der Waals surface area contributed by atoms with Gasteiger partial charge in [0, 0.05) is 6.54 Å². The third-order valence-corrected chi connectivity index (χ3v) is 2.45. The zero-order valence-corrected chi connectivity index (χ0v) is 10.2. The number of hydrogen-bond donors (Lipinski definition) is 2. The molecule has 102 valence electrons. The van der Waals surface area contributed by atoms with Crippen molar-refractivity contribution in [2.24, 2.45) is 5.73 Å². The van der Waals surface area contributed by atoms with Gasteiger partial charge in [-0.15, -0.1) is 0 Å². The summed E-state index contributed by atoms with van der Waals surface area (Å²) >= 11 is 0. The van der Waals surface area contributed by atoms with Crippen LogP contribution in [0, 0.1) is 0 Å². The number of nitrogens with two attached hydrogens (primary N) is 1. The van der Waals surface area contributed by atoms with E-state index < -0.39 is 18.3 Å². The fraction of sp³-hybridized carbons (Fsp3) is 0.500. The van der Waals surface area contributed by atoms with E-state index in [1.54, 1.807) is 13.8 Å². The Kier molecular flexibility index (Phi) is 4.24. The fourth-order valence-electron chi connectivity index (χ4n) is 1.50. The lowest BCUT2D eigenvalue weighted by Gasteiger charge is -2.29. The number of aliphatic hydroxyl groups is 1. The molecule has 0 aliphatic rings. The third-order valence-electron chi connectivity index (χ3n) is 2.45. The molecule has 0 heterocycles. The van der Waals surface area contributed by atoms with Gasteiger partial charge in [-0.1, -0.05) is 12.1 Å². The minimum atomic E-state index is -4.84. The largest absolute Gasteiger partial charge is 0.491 e. The molecule has 0 aliphatic carbocycles. The molecule has 0 bridgehead atoms. The van der Waals surface area contributed by atoms with Crippen molar-refractivity contribution in [3.63, 3.8) is 0 Å². The van der Waals surface area contributed by atoms with Gasteiger partial charge in [0.15, 0.2) is 5.60 Å². The van der Waals surface area contributed by atoms with Crippen LogP contribution in [-0.2, 0) is 5.60 Å². The smallest absolute Gasteiger partial charge is 0.422 e. The molecule has 1 aromatic carbocycles. The molecule has 1 atom stereocenters. The lowest BCUT2D eigenvalue weighted by atomic mass is 9.93. The Morgan fingerprint density at radius 3 is 2.39 bits per heavy atom. The highest BCUT2D eigenvalue weighted by Crippen LogP contribution is 2.39. The number of hydrogen-bond acceptors (Lipinski definition) is 3. The summed E-state index contributed by atoms with van der Waals surface area (Å²) in [4.78, 5) is 0. The van der Waals surface area contributed by atoms with E-state index in [4.69, 9.17) is 10.5 Å². The van der Waals surface area contributed by atoms with Gasteiger partial charge in [-0.3, -0.25) is 0 Å². The van der Waals surface area contributed by atoms with Gasteiger partial charge in [-0.2, -0.15) is 13.2 Å². The monoisotopic (exact) mass is 263 g/mol. The van der Waals surface area contributed by atoms with E-state index in [0.717, 1.165) is 6.07 Å². The summed E-state index contributed by atoms with van der Waals surface area (Å²) < 4.78 is 43.7. The Morgan fingerprint density at radius 2 is 1.94 bits per heavy atom. The number of benzene rings is 1. The molecule has 0 aliphatic heterocycles. The summed E-state index contributed by atoms with van der Waals surface area (Å²) in [6.45, 7) is 2.57. The third kappa shape index (κ3) is 2.94. The zero-order chi connectivity index (χ0) is 14.0. The first-order valence-corrected chi connectivity index (χ1v) is 5.47. The van der Waals surface area contributed by atoms with E-state index in [0.29, 0.717) is 0 Å². The maximum Gasteiger partial charge on any atom is 0.422 e. The van der Waals surface area contributed by atoms with Crippen molar-refractivity contribution in [2.45, 2.75) is 31.7 Å². The first-order valence-electron chi connectivity index (χ1n) is 5.47. The van der Waals surface area contributed by atoms with Crippen LogP contribution in [0.1, 0.15) is 19.4 Å². The van der Waals surface area contributed by atoms with Crippen molar-refractivity contribution in [1.29, 1.82) is 0 Å². The molecule has 1 unspecified atom stereocenters. The van der Waals surface area contributed by atoms with Crippen molar-refractivity contribution in [3.05, 3.63) is 29.8 Å². The van der Waals surface area contributed by atoms with Crippen molar-refractivity contribution >= 4 is 0 Å². The van der Waals surface area contributed by atoms with Gasteiger partial charge in [0.2, 0.25) is 0 Å². The van der Waals surface area contributed by atoms with E-state index >= 15 is 0 Å². The van der Waals surface area contributed by atoms with Crippen LogP contribution in [0.4, 0.5) is 13.2 Å². The summed E-state index contributed by atoms with van der Waals surface area (Å²) in [7, 11) is 0. The second kappa shape index (κ2) is 5.16. The molecule has 3 N–H and O–H groups in total. The van der Waals surface area contributed by atoms with Gasteiger partial charge in [0.05, 0.1) is 6.10 Å². The van der Waals surface area contributed by atoms with Crippen LogP contribution in [0.3, 0.4) is 0 Å². The first kappa shape index (κ1) is 14.8. The van der Waals surface area contributed by atoms with Crippen LogP contribution in [-0.4, -0.2) is 23.9 Å². The highest BCUT2D eigenvalue weighted by atomic mass is 19.4. The average Bonchev–Trinajstić information content (AvgIpc) is 2.25. The van der Waals surface area contributed by atoms with Crippen LogP contribution >= 0.6 is 0 Å². The molecule has 3 nitrogen and oxygen atoms in total. The second-order valence-corrected chi connectivity index (χ2v) is 4.26. The van der Waals surface area contributed by atoms with Gasteiger partial charge < -0.3 is 15.6 Å². The standard InChI is InChI=1S/C12H16F3NO2/c1-8(2)18-10-5-3-4-9(6-10)11(17,7-16)12(13,14)15/h3-6,8,17H,7,16H2,1-2H3. The lowest BCUT2D eigenvalue weighted by Crippen LogP contribution is -2.48. The highest BCUT2D eigenvalue weighted by Gasteiger charge is 2.54. The van der Waals surface area contributed by atoms with Crippen molar-refractivity contribution < 1.29 is 23.0 Å². The van der Waals surface area contributed by atoms with Crippen LogP contribution < -0.4 is 10.5 Å². The molecule has 0 saturated heterocycles. The van der Waals surface area contributed by atoms with Gasteiger partial charge in [0.1, 0.15) is 5.75 Å². The number of ether oxygens (including phenoxy) is 1. The normalized spacial score (nSPS) is 15.6. The van der Waals surface area contributed by atoms with Crippen molar-refractivity contribution in [2.75, 3.05) is 6.54 Å². The molecule has 18 heavy (non-hydrogen) atoms. The van der Waals surface area contributed by atoms with Crippen molar-refractivity contribution in [1.82, 2.24) is 0 Å². The minimum Gasteiger partial charge on any atom is -0.491 e. The van der Waals surface area contributed by atoms with Gasteiger partial charge in [-0.05, 0) is 31.5 Å². The fourth-order valence-corrected chi connectivity index (χ4v) is 1.50. The van der Waals surface area contributed by atoms with Gasteiger partial charge in [-0.25, -0.2) is 0 Å². The highest BCUT2D eigenvalue weighted by molar-refractivity contribution is 5.33. The van der Waals surface area contributed by atoms with E-state index in [-0.39, 0.29) is 17.4 Å². The quantitative estimate of drug-likeness (QED) is 0.875. The van der Waals surface area contributed by atoms with Crippen molar-refractivity contribution in [3.8, 4) is 5.75 Å². The Hall–Kier alpha value is -1.27. The van der Waals surface area contributed by atoms with Crippen LogP contribution in [0.15, 0.2) is 24.3 Å². The molecule has 0 amide bonds. The summed E-state index contributed by atoms with van der Waals surface area (Å²) in [5, 5.41) is 9.68. The van der Waals surface area contributed by atoms with Gasteiger partial charge >= 0.3 is 6.18 Å². The number of halogens is 3. The minimum absolute atomic E-state index is 0.169. The zero-order valence-electron chi connectivity index (χ0n) is 10.2. The van der Waals surface area contributed by atoms with E-state index in [2.05, 4.69) is 0 Å². The maximum absolute atomic E-state index is 12.8. The Balaban J connectivity index is 3.15. The van der Waals surface area contributed by atoms with Gasteiger partial charge in [0.25, 0.3) is 0 Å². The SMILES string of the molecule is CC(C)Oc1cccc(C(O)(CN)C(F)(F)F)c1. The number of alkyl halides is 3. The summed E-state index contributed by atoms with van der Waals surface area (Å²) in [6.07, 6.45) is -5.00. The number of rotatable bonds is 4. The maximum atomic E-state index is 12.8. The lowest BCUT2D eigenvalue weighted by molar-refractivity contribution is -0.262.